The number of carbonyl (C=O) groups is 4. The lowest BCUT2D eigenvalue weighted by Gasteiger charge is -2.21. The molecule has 0 rings (SSSR count). The summed E-state index contributed by atoms with van der Waals surface area (Å²) < 4.78 is 68.5. The first-order valence-corrected chi connectivity index (χ1v) is 43.2. The highest BCUT2D eigenvalue weighted by atomic mass is 31.2. The van der Waals surface area contributed by atoms with Crippen molar-refractivity contribution in [1.82, 2.24) is 0 Å². The lowest BCUT2D eigenvalue weighted by atomic mass is 10.0. The minimum atomic E-state index is -4.96. The van der Waals surface area contributed by atoms with E-state index in [9.17, 15) is 43.2 Å². The van der Waals surface area contributed by atoms with Crippen LogP contribution >= 0.6 is 15.6 Å². The molecule has 0 aromatic heterocycles. The van der Waals surface area contributed by atoms with Gasteiger partial charge in [-0.05, 0) is 49.4 Å². The van der Waals surface area contributed by atoms with E-state index in [1.165, 1.54) is 193 Å². The Hall–Kier alpha value is -1.94. The molecule has 0 saturated heterocycles. The van der Waals surface area contributed by atoms with Gasteiger partial charge in [-0.1, -0.05) is 344 Å². The largest absolute Gasteiger partial charge is 0.472 e. The Morgan fingerprint density at radius 1 is 0.258 bits per heavy atom. The van der Waals surface area contributed by atoms with Crippen LogP contribution in [0.4, 0.5) is 0 Å². The molecule has 0 aliphatic carbocycles. The lowest BCUT2D eigenvalue weighted by molar-refractivity contribution is -0.161. The number of esters is 4. The molecule has 0 aliphatic rings. The summed E-state index contributed by atoms with van der Waals surface area (Å²) in [7, 11) is -9.91. The highest BCUT2D eigenvalue weighted by Gasteiger charge is 2.30. The topological polar surface area (TPSA) is 237 Å². The van der Waals surface area contributed by atoms with Crippen molar-refractivity contribution < 1.29 is 80.2 Å². The maximum atomic E-state index is 13.1. The Balaban J connectivity index is 5.19. The number of rotatable bonds is 75. The number of aliphatic hydroxyl groups excluding tert-OH is 1. The molecule has 17 nitrogen and oxygen atoms in total. The van der Waals surface area contributed by atoms with Gasteiger partial charge < -0.3 is 33.8 Å². The van der Waals surface area contributed by atoms with Crippen LogP contribution in [0.1, 0.15) is 396 Å². The summed E-state index contributed by atoms with van der Waals surface area (Å²) in [6.07, 6.45) is 53.0. The SMILES string of the molecule is CC(C)CCCCCCCCCCCCCCCCCCC(=O)O[C@H](COC(=O)CCCCCCCCC(C)C)COP(=O)(O)OCC(O)COP(=O)(O)OC[C@@H](COC(=O)CCCCCCCCCCC(C)C)OC(=O)CCCCCCCCCCCCCCCCCC(C)C. The maximum absolute atomic E-state index is 13.1. The van der Waals surface area contributed by atoms with E-state index in [1.807, 2.05) is 0 Å². The summed E-state index contributed by atoms with van der Waals surface area (Å²) in [6, 6.07) is 0. The molecule has 0 radical (unpaired) electrons. The molecule has 0 bridgehead atoms. The number of unbranched alkanes of at least 4 members (excludes halogenated alkanes) is 41. The number of phosphoric ester groups is 2. The Morgan fingerprint density at radius 3 is 0.639 bits per heavy atom. The fraction of sp³-hybridized carbons (Fsp3) is 0.949. The third kappa shape index (κ3) is 72.2. The van der Waals surface area contributed by atoms with Crippen molar-refractivity contribution in [3.63, 3.8) is 0 Å². The predicted molar refractivity (Wildman–Crippen MR) is 395 cm³/mol. The van der Waals surface area contributed by atoms with Crippen molar-refractivity contribution in [2.24, 2.45) is 23.7 Å². The Kier molecular flexibility index (Phi) is 65.9. The van der Waals surface area contributed by atoms with Crippen LogP contribution in [0.15, 0.2) is 0 Å². The average molecular weight is 1420 g/mol. The van der Waals surface area contributed by atoms with E-state index >= 15 is 0 Å². The van der Waals surface area contributed by atoms with Gasteiger partial charge in [-0.25, -0.2) is 9.13 Å². The predicted octanol–water partition coefficient (Wildman–Crippen LogP) is 22.8. The molecule has 0 fully saturated rings. The second-order valence-corrected chi connectivity index (χ2v) is 32.9. The minimum absolute atomic E-state index is 0.106. The van der Waals surface area contributed by atoms with E-state index in [4.69, 9.17) is 37.0 Å². The molecule has 0 saturated carbocycles. The van der Waals surface area contributed by atoms with Gasteiger partial charge >= 0.3 is 39.5 Å². The van der Waals surface area contributed by atoms with Crippen molar-refractivity contribution in [2.45, 2.75) is 414 Å². The van der Waals surface area contributed by atoms with Crippen LogP contribution in [-0.4, -0.2) is 96.7 Å². The number of hydrogen-bond acceptors (Lipinski definition) is 15. The summed E-state index contributed by atoms with van der Waals surface area (Å²) in [6.45, 7) is 14.2. The van der Waals surface area contributed by atoms with Gasteiger partial charge in [0.1, 0.15) is 19.3 Å². The third-order valence-electron chi connectivity index (χ3n) is 18.1. The third-order valence-corrected chi connectivity index (χ3v) is 20.0. The van der Waals surface area contributed by atoms with Crippen LogP contribution in [-0.2, 0) is 65.4 Å². The van der Waals surface area contributed by atoms with Crippen LogP contribution in [0, 0.1) is 23.7 Å². The fourth-order valence-corrected chi connectivity index (χ4v) is 13.5. The maximum Gasteiger partial charge on any atom is 0.472 e. The summed E-state index contributed by atoms with van der Waals surface area (Å²) >= 11 is 0. The van der Waals surface area contributed by atoms with E-state index in [0.717, 1.165) is 114 Å². The highest BCUT2D eigenvalue weighted by molar-refractivity contribution is 7.47. The Labute approximate surface area is 594 Å². The lowest BCUT2D eigenvalue weighted by Crippen LogP contribution is -2.30. The molecular formula is C78H152O17P2. The van der Waals surface area contributed by atoms with Gasteiger partial charge in [-0.2, -0.15) is 0 Å². The zero-order chi connectivity index (χ0) is 71.7. The molecule has 3 N–H and O–H groups in total. The first-order chi connectivity index (χ1) is 46.6. The van der Waals surface area contributed by atoms with Crippen molar-refractivity contribution in [1.29, 1.82) is 0 Å². The molecule has 576 valence electrons. The van der Waals surface area contributed by atoms with Crippen LogP contribution in [0.5, 0.6) is 0 Å². The number of carbonyl (C=O) groups excluding carboxylic acids is 4. The number of aliphatic hydroxyl groups is 1. The first kappa shape index (κ1) is 95.1. The van der Waals surface area contributed by atoms with Crippen molar-refractivity contribution in [3.8, 4) is 0 Å². The van der Waals surface area contributed by atoms with E-state index in [2.05, 4.69) is 55.4 Å². The van der Waals surface area contributed by atoms with Crippen LogP contribution < -0.4 is 0 Å². The second-order valence-electron chi connectivity index (χ2n) is 30.0. The number of ether oxygens (including phenoxy) is 4. The summed E-state index contributed by atoms with van der Waals surface area (Å²) in [5.41, 5.74) is 0. The number of phosphoric acid groups is 2. The molecular weight excluding hydrogens is 1270 g/mol. The van der Waals surface area contributed by atoms with E-state index in [-0.39, 0.29) is 25.7 Å². The first-order valence-electron chi connectivity index (χ1n) is 40.2. The minimum Gasteiger partial charge on any atom is -0.462 e. The second kappa shape index (κ2) is 67.2. The Morgan fingerprint density at radius 2 is 0.433 bits per heavy atom. The van der Waals surface area contributed by atoms with Gasteiger partial charge in [0.25, 0.3) is 0 Å². The van der Waals surface area contributed by atoms with Gasteiger partial charge in [-0.15, -0.1) is 0 Å². The Bertz CT molecular complexity index is 1900. The van der Waals surface area contributed by atoms with Crippen LogP contribution in [0.2, 0.25) is 0 Å². The summed E-state index contributed by atoms with van der Waals surface area (Å²) in [5, 5.41) is 10.6. The molecule has 97 heavy (non-hydrogen) atoms. The van der Waals surface area contributed by atoms with Crippen molar-refractivity contribution in [2.75, 3.05) is 39.6 Å². The van der Waals surface area contributed by atoms with E-state index < -0.39 is 97.5 Å². The zero-order valence-electron chi connectivity index (χ0n) is 63.7. The number of hydrogen-bond donors (Lipinski definition) is 3. The zero-order valence-corrected chi connectivity index (χ0v) is 65.5. The average Bonchev–Trinajstić information content (AvgIpc) is 1.41. The molecule has 3 unspecified atom stereocenters. The van der Waals surface area contributed by atoms with Gasteiger partial charge in [0.05, 0.1) is 26.4 Å². The molecule has 0 aromatic rings. The van der Waals surface area contributed by atoms with Crippen molar-refractivity contribution in [3.05, 3.63) is 0 Å². The smallest absolute Gasteiger partial charge is 0.462 e. The molecule has 5 atom stereocenters. The standard InChI is InChI=1S/C78H152O17P2/c1-68(2)54-46-38-30-24-20-16-12-9-10-14-18-22-26-34-44-52-61-78(83)95-74(65-89-76(81)59-51-43-37-36-41-49-57-71(7)8)67-93-97(86,87)91-63-72(79)62-90-96(84,85)92-66-73(64-88-75(80)58-50-42-33-29-28-32-40-48-56-70(5)6)94-77(82)60-53-45-35-27-23-19-15-11-13-17-21-25-31-39-47-55-69(3)4/h68-74,79H,9-67H2,1-8H3,(H,84,85)(H,86,87)/t72?,73-,74-/m1/s1. The summed E-state index contributed by atoms with van der Waals surface area (Å²) in [4.78, 5) is 72.8. The molecule has 0 amide bonds. The molecule has 0 spiro atoms. The molecule has 0 aromatic carbocycles. The monoisotopic (exact) mass is 1420 g/mol. The molecule has 0 aliphatic heterocycles. The van der Waals surface area contributed by atoms with Crippen LogP contribution in [0.3, 0.4) is 0 Å². The fourth-order valence-electron chi connectivity index (χ4n) is 11.9. The van der Waals surface area contributed by atoms with E-state index in [0.29, 0.717) is 31.6 Å². The van der Waals surface area contributed by atoms with Crippen molar-refractivity contribution >= 4 is 39.5 Å². The molecule has 0 heterocycles. The van der Waals surface area contributed by atoms with Gasteiger partial charge in [-0.3, -0.25) is 37.3 Å². The molecule has 19 heteroatoms. The van der Waals surface area contributed by atoms with Gasteiger partial charge in [0.15, 0.2) is 12.2 Å². The van der Waals surface area contributed by atoms with Gasteiger partial charge in [0.2, 0.25) is 0 Å². The normalized spacial score (nSPS) is 14.1. The van der Waals surface area contributed by atoms with E-state index in [1.54, 1.807) is 0 Å². The van der Waals surface area contributed by atoms with Crippen LogP contribution in [0.25, 0.3) is 0 Å². The van der Waals surface area contributed by atoms with Gasteiger partial charge in [0, 0.05) is 25.7 Å². The quantitative estimate of drug-likeness (QED) is 0.0222. The summed E-state index contributed by atoms with van der Waals surface area (Å²) in [5.74, 6) is 0.897. The highest BCUT2D eigenvalue weighted by Crippen LogP contribution is 2.45.